The lowest BCUT2D eigenvalue weighted by atomic mass is 10.2. The predicted octanol–water partition coefficient (Wildman–Crippen LogP) is 1.39. The predicted molar refractivity (Wildman–Crippen MR) is 40.2 cm³/mol. The van der Waals surface area contributed by atoms with Crippen molar-refractivity contribution in [3.05, 3.63) is 46.8 Å². The van der Waals surface area contributed by atoms with E-state index in [2.05, 4.69) is 12.3 Å². The summed E-state index contributed by atoms with van der Waals surface area (Å²) in [4.78, 5) is 11.1. The van der Waals surface area contributed by atoms with Crippen molar-refractivity contribution >= 4 is 11.0 Å². The Morgan fingerprint density at radius 2 is 2.27 bits per heavy atom. The average Bonchev–Trinajstić information content (AvgIpc) is 2.06. The van der Waals surface area contributed by atoms with E-state index < -0.39 is 0 Å². The van der Waals surface area contributed by atoms with Gasteiger partial charge in [0.25, 0.3) is 0 Å². The van der Waals surface area contributed by atoms with Gasteiger partial charge in [0, 0.05) is 6.07 Å². The van der Waals surface area contributed by atoms with Gasteiger partial charge < -0.3 is 4.42 Å². The van der Waals surface area contributed by atoms with Crippen molar-refractivity contribution in [3.8, 4) is 0 Å². The van der Waals surface area contributed by atoms with Gasteiger partial charge in [-0.1, -0.05) is 6.07 Å². The zero-order valence-corrected chi connectivity index (χ0v) is 5.63. The van der Waals surface area contributed by atoms with Gasteiger partial charge in [0.1, 0.15) is 5.58 Å². The molecule has 2 aromatic rings. The molecule has 2 radical (unpaired) electrons. The quantitative estimate of drug-likeness (QED) is 0.559. The van der Waals surface area contributed by atoms with Gasteiger partial charge in [-0.15, -0.1) is 0 Å². The molecule has 0 unspecified atom stereocenters. The molecule has 0 atom stereocenters. The second-order valence-corrected chi connectivity index (χ2v) is 2.15. The minimum absolute atomic E-state index is 0.0805. The van der Waals surface area contributed by atoms with Crippen LogP contribution in [0.25, 0.3) is 11.0 Å². The maximum Gasteiger partial charge on any atom is 0.193 e. The molecule has 0 aliphatic heterocycles. The standard InChI is InChI=1S/C9H4O2/c10-8-5-6-11-9-4-2-1-3-7(8)9/h2-5H. The summed E-state index contributed by atoms with van der Waals surface area (Å²) in [6, 6.07) is 9.06. The molecule has 0 bridgehead atoms. The maximum absolute atomic E-state index is 11.1. The smallest absolute Gasteiger partial charge is 0.193 e. The summed E-state index contributed by atoms with van der Waals surface area (Å²) in [6.07, 6.45) is 2.40. The Hall–Kier alpha value is -1.57. The fourth-order valence-corrected chi connectivity index (χ4v) is 0.922. The first-order chi connectivity index (χ1) is 5.38. The van der Waals surface area contributed by atoms with E-state index in [0.29, 0.717) is 11.0 Å². The Labute approximate surface area is 63.1 Å². The Morgan fingerprint density at radius 3 is 3.09 bits per heavy atom. The molecule has 0 aliphatic carbocycles. The van der Waals surface area contributed by atoms with E-state index in [-0.39, 0.29) is 5.43 Å². The molecule has 0 N–H and O–H groups in total. The molecule has 0 saturated heterocycles. The summed E-state index contributed by atoms with van der Waals surface area (Å²) in [7, 11) is 0. The first-order valence-electron chi connectivity index (χ1n) is 3.18. The topological polar surface area (TPSA) is 30.2 Å². The highest BCUT2D eigenvalue weighted by Gasteiger charge is 1.95. The minimum atomic E-state index is -0.0805. The monoisotopic (exact) mass is 144 g/mol. The van der Waals surface area contributed by atoms with E-state index >= 15 is 0 Å². The van der Waals surface area contributed by atoms with Crippen LogP contribution in [0.15, 0.2) is 33.5 Å². The van der Waals surface area contributed by atoms with E-state index in [0.717, 1.165) is 0 Å². The van der Waals surface area contributed by atoms with Crippen LogP contribution in [0.4, 0.5) is 0 Å². The molecule has 1 heterocycles. The molecule has 0 aliphatic rings. The van der Waals surface area contributed by atoms with Gasteiger partial charge in [0.05, 0.1) is 5.39 Å². The highest BCUT2D eigenvalue weighted by atomic mass is 16.3. The number of rotatable bonds is 0. The lowest BCUT2D eigenvalue weighted by molar-refractivity contribution is 0.592. The number of benzene rings is 1. The summed E-state index contributed by atoms with van der Waals surface area (Å²) in [6.45, 7) is 0. The van der Waals surface area contributed by atoms with Gasteiger partial charge in [0.15, 0.2) is 11.7 Å². The average molecular weight is 144 g/mol. The van der Waals surface area contributed by atoms with Crippen LogP contribution in [0.5, 0.6) is 0 Å². The Bertz CT molecular complexity index is 423. The lowest BCUT2D eigenvalue weighted by Gasteiger charge is -1.90. The van der Waals surface area contributed by atoms with Crippen LogP contribution >= 0.6 is 0 Å². The van der Waals surface area contributed by atoms with Crippen molar-refractivity contribution in [1.29, 1.82) is 0 Å². The molecular formula is C9H4O2. The van der Waals surface area contributed by atoms with Crippen molar-refractivity contribution in [2.75, 3.05) is 0 Å². The largest absolute Gasteiger partial charge is 0.453 e. The van der Waals surface area contributed by atoms with Gasteiger partial charge >= 0.3 is 0 Å². The van der Waals surface area contributed by atoms with Crippen LogP contribution < -0.4 is 5.43 Å². The highest BCUT2D eigenvalue weighted by Crippen LogP contribution is 2.06. The highest BCUT2D eigenvalue weighted by molar-refractivity contribution is 5.75. The molecule has 0 spiro atoms. The molecule has 0 saturated carbocycles. The molecular weight excluding hydrogens is 140 g/mol. The third kappa shape index (κ3) is 0.923. The molecule has 2 rings (SSSR count). The summed E-state index contributed by atoms with van der Waals surface area (Å²) in [5.74, 6) is 0. The normalized spacial score (nSPS) is 10.2. The molecule has 2 nitrogen and oxygen atoms in total. The fraction of sp³-hybridized carbons (Fsp3) is 0. The second kappa shape index (κ2) is 2.23. The van der Waals surface area contributed by atoms with Gasteiger partial charge in [-0.3, -0.25) is 4.79 Å². The first-order valence-corrected chi connectivity index (χ1v) is 3.18. The van der Waals surface area contributed by atoms with E-state index in [1.165, 1.54) is 6.07 Å². The minimum Gasteiger partial charge on any atom is -0.453 e. The molecule has 52 valence electrons. The first kappa shape index (κ1) is 6.16. The van der Waals surface area contributed by atoms with Gasteiger partial charge in [0.2, 0.25) is 0 Å². The summed E-state index contributed by atoms with van der Waals surface area (Å²) in [5, 5.41) is 0.547. The van der Waals surface area contributed by atoms with Gasteiger partial charge in [-0.05, 0) is 18.2 Å². The second-order valence-electron chi connectivity index (χ2n) is 2.15. The van der Waals surface area contributed by atoms with E-state index in [9.17, 15) is 4.79 Å². The van der Waals surface area contributed by atoms with Crippen LogP contribution in [0.2, 0.25) is 0 Å². The van der Waals surface area contributed by atoms with Crippen LogP contribution in [-0.4, -0.2) is 0 Å². The number of hydrogen-bond donors (Lipinski definition) is 0. The Morgan fingerprint density at radius 1 is 1.36 bits per heavy atom. The summed E-state index contributed by atoms with van der Waals surface area (Å²) >= 11 is 0. The summed E-state index contributed by atoms with van der Waals surface area (Å²) < 4.78 is 4.95. The molecule has 0 fully saturated rings. The molecule has 11 heavy (non-hydrogen) atoms. The zero-order valence-electron chi connectivity index (χ0n) is 5.63. The molecule has 0 amide bonds. The third-order valence-electron chi connectivity index (χ3n) is 1.45. The molecule has 1 aromatic heterocycles. The van der Waals surface area contributed by atoms with Gasteiger partial charge in [-0.25, -0.2) is 0 Å². The third-order valence-corrected chi connectivity index (χ3v) is 1.45. The van der Waals surface area contributed by atoms with Crippen molar-refractivity contribution in [1.82, 2.24) is 0 Å². The summed E-state index contributed by atoms with van der Waals surface area (Å²) in [5.41, 5.74) is 0.472. The Balaban J connectivity index is 3.03. The van der Waals surface area contributed by atoms with Crippen LogP contribution in [0, 0.1) is 12.3 Å². The molecule has 1 aromatic carbocycles. The van der Waals surface area contributed by atoms with Crippen LogP contribution in [0.3, 0.4) is 0 Å². The fourth-order valence-electron chi connectivity index (χ4n) is 0.922. The van der Waals surface area contributed by atoms with E-state index in [1.54, 1.807) is 18.2 Å². The van der Waals surface area contributed by atoms with Crippen molar-refractivity contribution in [2.24, 2.45) is 0 Å². The van der Waals surface area contributed by atoms with Crippen molar-refractivity contribution in [3.63, 3.8) is 0 Å². The number of fused-ring (bicyclic) bond motifs is 1. The lowest BCUT2D eigenvalue weighted by Crippen LogP contribution is -1.96. The van der Waals surface area contributed by atoms with E-state index in [1.807, 2.05) is 0 Å². The SMILES string of the molecule is O=c1c[c]oc2cc[c]cc12. The van der Waals surface area contributed by atoms with Crippen molar-refractivity contribution < 1.29 is 4.42 Å². The van der Waals surface area contributed by atoms with Crippen LogP contribution in [0.1, 0.15) is 0 Å². The zero-order chi connectivity index (χ0) is 7.68. The maximum atomic E-state index is 11.1. The van der Waals surface area contributed by atoms with Gasteiger partial charge in [-0.2, -0.15) is 0 Å². The number of hydrogen-bond acceptors (Lipinski definition) is 2. The van der Waals surface area contributed by atoms with Crippen LogP contribution in [-0.2, 0) is 0 Å². The molecule has 2 heteroatoms. The van der Waals surface area contributed by atoms with Crippen molar-refractivity contribution in [2.45, 2.75) is 0 Å². The Kier molecular flexibility index (Phi) is 1.25. The van der Waals surface area contributed by atoms with E-state index in [4.69, 9.17) is 4.42 Å².